The number of hydrogen-bond donors (Lipinski definition) is 0. The first-order chi connectivity index (χ1) is 15.1. The quantitative estimate of drug-likeness (QED) is 0.607. The van der Waals surface area contributed by atoms with E-state index in [2.05, 4.69) is 17.0 Å². The Morgan fingerprint density at radius 2 is 1.61 bits per heavy atom. The van der Waals surface area contributed by atoms with Gasteiger partial charge in [-0.25, -0.2) is 0 Å². The number of benzene rings is 1. The standard InChI is InChI=1S/C24H33N3O3S/c1-31-16-11-21(27-22(28)19-9-5-6-10-20(19)23(27)29)24(30)26-14-12-25(13-15-26)17-18-7-3-2-4-8-18/h2-4,7-8,19-21H,5-6,9-17H2,1H3/t19-,20+,21-/m0/s1. The molecule has 3 atom stereocenters. The smallest absolute Gasteiger partial charge is 0.245 e. The SMILES string of the molecule is CSCC[C@@H](C(=O)N1CCN(Cc2ccccc2)CC1)N1C(=O)[C@H]2CCCC[C@H]2C1=O. The maximum absolute atomic E-state index is 13.5. The number of rotatable bonds is 7. The van der Waals surface area contributed by atoms with Gasteiger partial charge >= 0.3 is 0 Å². The third-order valence-corrected chi connectivity index (χ3v) is 7.64. The maximum Gasteiger partial charge on any atom is 0.245 e. The molecule has 2 saturated heterocycles. The molecule has 2 heterocycles. The minimum absolute atomic E-state index is 0.0474. The van der Waals surface area contributed by atoms with Crippen LogP contribution in [-0.2, 0) is 20.9 Å². The normalized spacial score (nSPS) is 25.6. The fourth-order valence-electron chi connectivity index (χ4n) is 5.27. The highest BCUT2D eigenvalue weighted by atomic mass is 32.2. The number of imide groups is 1. The van der Waals surface area contributed by atoms with Crippen LogP contribution in [0.2, 0.25) is 0 Å². The van der Waals surface area contributed by atoms with E-state index < -0.39 is 6.04 Å². The molecular weight excluding hydrogens is 410 g/mol. The van der Waals surface area contributed by atoms with Gasteiger partial charge in [0, 0.05) is 32.7 Å². The third kappa shape index (κ3) is 4.82. The zero-order valence-corrected chi connectivity index (χ0v) is 19.2. The Kier molecular flexibility index (Phi) is 7.33. The molecule has 3 amide bonds. The minimum atomic E-state index is -0.640. The number of hydrogen-bond acceptors (Lipinski definition) is 5. The molecule has 0 bridgehead atoms. The van der Waals surface area contributed by atoms with Crippen molar-refractivity contribution in [2.45, 2.75) is 44.7 Å². The molecule has 0 unspecified atom stereocenters. The fraction of sp³-hybridized carbons (Fsp3) is 0.625. The zero-order valence-electron chi connectivity index (χ0n) is 18.4. The Morgan fingerprint density at radius 3 is 2.19 bits per heavy atom. The first kappa shape index (κ1) is 22.3. The van der Waals surface area contributed by atoms with Crippen LogP contribution in [-0.4, -0.2) is 76.7 Å². The van der Waals surface area contributed by atoms with Crippen molar-refractivity contribution in [1.82, 2.24) is 14.7 Å². The van der Waals surface area contributed by atoms with E-state index in [1.807, 2.05) is 29.4 Å². The number of carbonyl (C=O) groups excluding carboxylic acids is 3. The van der Waals surface area contributed by atoms with E-state index in [1.54, 1.807) is 11.8 Å². The lowest BCUT2D eigenvalue weighted by atomic mass is 9.81. The monoisotopic (exact) mass is 443 g/mol. The van der Waals surface area contributed by atoms with Crippen molar-refractivity contribution in [3.63, 3.8) is 0 Å². The fourth-order valence-corrected chi connectivity index (χ4v) is 5.73. The summed E-state index contributed by atoms with van der Waals surface area (Å²) < 4.78 is 0. The minimum Gasteiger partial charge on any atom is -0.338 e. The van der Waals surface area contributed by atoms with Crippen molar-refractivity contribution < 1.29 is 14.4 Å². The van der Waals surface area contributed by atoms with Crippen LogP contribution in [0.15, 0.2) is 30.3 Å². The molecule has 2 aliphatic heterocycles. The summed E-state index contributed by atoms with van der Waals surface area (Å²) >= 11 is 1.65. The average molecular weight is 444 g/mol. The molecule has 0 N–H and O–H groups in total. The molecule has 7 heteroatoms. The highest BCUT2D eigenvalue weighted by molar-refractivity contribution is 7.98. The lowest BCUT2D eigenvalue weighted by Gasteiger charge is -2.38. The lowest BCUT2D eigenvalue weighted by molar-refractivity contribution is -0.152. The van der Waals surface area contributed by atoms with Crippen molar-refractivity contribution in [2.24, 2.45) is 11.8 Å². The Labute approximate surface area is 189 Å². The number of piperazine rings is 1. The van der Waals surface area contributed by atoms with Gasteiger partial charge in [0.05, 0.1) is 11.8 Å². The number of likely N-dealkylation sites (tertiary alicyclic amines) is 1. The van der Waals surface area contributed by atoms with Crippen LogP contribution in [0.3, 0.4) is 0 Å². The van der Waals surface area contributed by atoms with E-state index in [4.69, 9.17) is 0 Å². The number of nitrogens with zero attached hydrogens (tertiary/aromatic N) is 3. The van der Waals surface area contributed by atoms with Crippen LogP contribution in [0, 0.1) is 11.8 Å². The Balaban J connectivity index is 1.42. The molecule has 0 radical (unpaired) electrons. The molecule has 6 nitrogen and oxygen atoms in total. The van der Waals surface area contributed by atoms with E-state index in [0.29, 0.717) is 19.5 Å². The van der Waals surface area contributed by atoms with E-state index in [-0.39, 0.29) is 29.6 Å². The predicted molar refractivity (Wildman–Crippen MR) is 122 cm³/mol. The van der Waals surface area contributed by atoms with Crippen molar-refractivity contribution in [1.29, 1.82) is 0 Å². The van der Waals surface area contributed by atoms with Gasteiger partial charge in [-0.2, -0.15) is 11.8 Å². The van der Waals surface area contributed by atoms with Gasteiger partial charge in [0.1, 0.15) is 6.04 Å². The summed E-state index contributed by atoms with van der Waals surface area (Å²) in [4.78, 5) is 45.3. The Morgan fingerprint density at radius 1 is 1.00 bits per heavy atom. The van der Waals surface area contributed by atoms with Crippen LogP contribution >= 0.6 is 11.8 Å². The van der Waals surface area contributed by atoms with E-state index in [0.717, 1.165) is 51.1 Å². The summed E-state index contributed by atoms with van der Waals surface area (Å²) in [7, 11) is 0. The first-order valence-electron chi connectivity index (χ1n) is 11.5. The van der Waals surface area contributed by atoms with Gasteiger partial charge in [-0.05, 0) is 36.8 Å². The summed E-state index contributed by atoms with van der Waals surface area (Å²) in [6, 6.07) is 9.73. The number of thioether (sulfide) groups is 1. The molecule has 4 rings (SSSR count). The molecule has 0 aromatic heterocycles. The van der Waals surface area contributed by atoms with Crippen LogP contribution in [0.1, 0.15) is 37.7 Å². The van der Waals surface area contributed by atoms with Gasteiger partial charge in [-0.15, -0.1) is 0 Å². The van der Waals surface area contributed by atoms with E-state index in [1.165, 1.54) is 10.5 Å². The number of amides is 3. The molecule has 3 aliphatic rings. The van der Waals surface area contributed by atoms with Crippen molar-refractivity contribution in [3.05, 3.63) is 35.9 Å². The highest BCUT2D eigenvalue weighted by Crippen LogP contribution is 2.39. The summed E-state index contributed by atoms with van der Waals surface area (Å²) in [5.74, 6) is 0.112. The Bertz CT molecular complexity index is 771. The zero-order chi connectivity index (χ0) is 21.8. The van der Waals surface area contributed by atoms with Crippen molar-refractivity contribution in [2.75, 3.05) is 38.2 Å². The summed E-state index contributed by atoms with van der Waals surface area (Å²) in [6.45, 7) is 3.78. The summed E-state index contributed by atoms with van der Waals surface area (Å²) in [6.07, 6.45) is 6.11. The molecular formula is C24H33N3O3S. The van der Waals surface area contributed by atoms with E-state index >= 15 is 0 Å². The molecule has 1 aromatic carbocycles. The van der Waals surface area contributed by atoms with Gasteiger partial charge in [0.2, 0.25) is 17.7 Å². The second-order valence-electron chi connectivity index (χ2n) is 8.93. The number of fused-ring (bicyclic) bond motifs is 1. The van der Waals surface area contributed by atoms with E-state index in [9.17, 15) is 14.4 Å². The van der Waals surface area contributed by atoms with Crippen molar-refractivity contribution in [3.8, 4) is 0 Å². The predicted octanol–water partition coefficient (Wildman–Crippen LogP) is 2.63. The average Bonchev–Trinajstić information content (AvgIpc) is 3.06. The van der Waals surface area contributed by atoms with Crippen LogP contribution in [0.25, 0.3) is 0 Å². The number of carbonyl (C=O) groups is 3. The van der Waals surface area contributed by atoms with Gasteiger partial charge in [-0.3, -0.25) is 24.2 Å². The lowest BCUT2D eigenvalue weighted by Crippen LogP contribution is -2.56. The van der Waals surface area contributed by atoms with Crippen LogP contribution in [0.4, 0.5) is 0 Å². The Hall–Kier alpha value is -1.86. The topological polar surface area (TPSA) is 60.9 Å². The molecule has 0 spiro atoms. The van der Waals surface area contributed by atoms with Crippen LogP contribution in [0.5, 0.6) is 0 Å². The van der Waals surface area contributed by atoms with Gasteiger partial charge in [-0.1, -0.05) is 43.2 Å². The van der Waals surface area contributed by atoms with Crippen LogP contribution < -0.4 is 0 Å². The molecule has 1 aliphatic carbocycles. The molecule has 1 aromatic rings. The maximum atomic E-state index is 13.5. The molecule has 31 heavy (non-hydrogen) atoms. The second kappa shape index (κ2) is 10.2. The largest absolute Gasteiger partial charge is 0.338 e. The second-order valence-corrected chi connectivity index (χ2v) is 9.91. The molecule has 3 fully saturated rings. The summed E-state index contributed by atoms with van der Waals surface area (Å²) in [5, 5.41) is 0. The highest BCUT2D eigenvalue weighted by Gasteiger charge is 2.52. The first-order valence-corrected chi connectivity index (χ1v) is 12.9. The van der Waals surface area contributed by atoms with Gasteiger partial charge < -0.3 is 4.90 Å². The third-order valence-electron chi connectivity index (χ3n) is 7.00. The molecule has 168 valence electrons. The van der Waals surface area contributed by atoms with Crippen molar-refractivity contribution >= 4 is 29.5 Å². The summed E-state index contributed by atoms with van der Waals surface area (Å²) in [5.41, 5.74) is 1.27. The van der Waals surface area contributed by atoms with Gasteiger partial charge in [0.15, 0.2) is 0 Å². The van der Waals surface area contributed by atoms with Gasteiger partial charge in [0.25, 0.3) is 0 Å². The molecule has 1 saturated carbocycles.